The number of ether oxygens (including phenoxy) is 1. The molecule has 0 spiro atoms. The molecule has 3 heteroatoms. The van der Waals surface area contributed by atoms with E-state index < -0.39 is 0 Å². The maximum Gasteiger partial charge on any atom is 0.159 e. The van der Waals surface area contributed by atoms with Gasteiger partial charge in [0.25, 0.3) is 0 Å². The number of Topliss-reactive ketones (excluding diaryl/α,β-unsaturated/α-hetero) is 1. The third kappa shape index (κ3) is 3.59. The highest BCUT2D eigenvalue weighted by Gasteiger charge is 2.22. The minimum absolute atomic E-state index is 0.128. The van der Waals surface area contributed by atoms with Crippen molar-refractivity contribution in [1.29, 1.82) is 0 Å². The molecule has 0 heterocycles. The SMILES string of the molecule is COC1CCCC(Sc2ccc(C(C)=O)cc2)C1. The molecule has 98 valence electrons. The topological polar surface area (TPSA) is 26.3 Å². The molecule has 2 atom stereocenters. The zero-order chi connectivity index (χ0) is 13.0. The van der Waals surface area contributed by atoms with E-state index in [0.29, 0.717) is 11.4 Å². The summed E-state index contributed by atoms with van der Waals surface area (Å²) in [6.07, 6.45) is 5.26. The average molecular weight is 264 g/mol. The maximum absolute atomic E-state index is 11.2. The number of rotatable bonds is 4. The van der Waals surface area contributed by atoms with Crippen LogP contribution in [0.4, 0.5) is 0 Å². The van der Waals surface area contributed by atoms with Gasteiger partial charge in [0.1, 0.15) is 0 Å². The van der Waals surface area contributed by atoms with Crippen LogP contribution in [-0.4, -0.2) is 24.2 Å². The van der Waals surface area contributed by atoms with Gasteiger partial charge in [0.15, 0.2) is 5.78 Å². The van der Waals surface area contributed by atoms with Gasteiger partial charge in [-0.1, -0.05) is 12.1 Å². The molecule has 0 bridgehead atoms. The lowest BCUT2D eigenvalue weighted by Gasteiger charge is -2.27. The second kappa shape index (κ2) is 6.39. The third-order valence-electron chi connectivity index (χ3n) is 3.47. The van der Waals surface area contributed by atoms with Crippen LogP contribution < -0.4 is 0 Å². The van der Waals surface area contributed by atoms with Crippen LogP contribution in [0.15, 0.2) is 29.2 Å². The molecule has 0 aromatic heterocycles. The molecule has 0 N–H and O–H groups in total. The molecule has 2 nitrogen and oxygen atoms in total. The minimum atomic E-state index is 0.128. The molecule has 2 rings (SSSR count). The lowest BCUT2D eigenvalue weighted by molar-refractivity contribution is 0.0730. The van der Waals surface area contributed by atoms with Gasteiger partial charge in [-0.2, -0.15) is 0 Å². The summed E-state index contributed by atoms with van der Waals surface area (Å²) in [4.78, 5) is 12.5. The van der Waals surface area contributed by atoms with Crippen LogP contribution in [-0.2, 0) is 4.74 Å². The summed E-state index contributed by atoms with van der Waals surface area (Å²) in [7, 11) is 1.80. The second-order valence-corrected chi connectivity index (χ2v) is 6.22. The van der Waals surface area contributed by atoms with Crippen molar-refractivity contribution in [3.63, 3.8) is 0 Å². The van der Waals surface area contributed by atoms with E-state index in [4.69, 9.17) is 4.74 Å². The first-order valence-electron chi connectivity index (χ1n) is 6.49. The molecule has 2 unspecified atom stereocenters. The number of hydrogen-bond donors (Lipinski definition) is 0. The van der Waals surface area contributed by atoms with Crippen LogP contribution in [0.5, 0.6) is 0 Å². The minimum Gasteiger partial charge on any atom is -0.381 e. The number of hydrogen-bond acceptors (Lipinski definition) is 3. The molecule has 0 amide bonds. The Morgan fingerprint density at radius 2 is 2.00 bits per heavy atom. The van der Waals surface area contributed by atoms with Crippen LogP contribution in [0, 0.1) is 0 Å². The summed E-state index contributed by atoms with van der Waals surface area (Å²) in [5, 5.41) is 0.645. The fourth-order valence-electron chi connectivity index (χ4n) is 2.38. The second-order valence-electron chi connectivity index (χ2n) is 4.84. The van der Waals surface area contributed by atoms with Crippen molar-refractivity contribution < 1.29 is 9.53 Å². The standard InChI is InChI=1S/C15H20O2S/c1-11(16)12-6-8-14(9-7-12)18-15-5-3-4-13(10-15)17-2/h6-9,13,15H,3-5,10H2,1-2H3. The van der Waals surface area contributed by atoms with Gasteiger partial charge in [-0.3, -0.25) is 4.79 Å². The predicted octanol–water partition coefficient (Wildman–Crippen LogP) is 3.94. The number of carbonyl (C=O) groups is 1. The summed E-state index contributed by atoms with van der Waals surface area (Å²) in [5.41, 5.74) is 0.790. The Hall–Kier alpha value is -0.800. The third-order valence-corrected chi connectivity index (χ3v) is 4.78. The molecule has 0 aliphatic heterocycles. The van der Waals surface area contributed by atoms with Crippen molar-refractivity contribution in [2.75, 3.05) is 7.11 Å². The van der Waals surface area contributed by atoms with Crippen molar-refractivity contribution in [3.05, 3.63) is 29.8 Å². The van der Waals surface area contributed by atoms with Gasteiger partial charge in [-0.25, -0.2) is 0 Å². The molecule has 1 aliphatic carbocycles. The first kappa shape index (κ1) is 13.6. The van der Waals surface area contributed by atoms with Gasteiger partial charge in [0, 0.05) is 22.8 Å². The summed E-state index contributed by atoms with van der Waals surface area (Å²) < 4.78 is 5.45. The first-order valence-corrected chi connectivity index (χ1v) is 7.37. The van der Waals surface area contributed by atoms with Gasteiger partial charge >= 0.3 is 0 Å². The zero-order valence-electron chi connectivity index (χ0n) is 11.0. The smallest absolute Gasteiger partial charge is 0.159 e. The molecule has 18 heavy (non-hydrogen) atoms. The summed E-state index contributed by atoms with van der Waals surface area (Å²) in [6, 6.07) is 7.94. The number of carbonyl (C=O) groups excluding carboxylic acids is 1. The Morgan fingerprint density at radius 3 is 2.61 bits per heavy atom. The quantitative estimate of drug-likeness (QED) is 0.771. The molecule has 1 saturated carbocycles. The van der Waals surface area contributed by atoms with Crippen molar-refractivity contribution in [3.8, 4) is 0 Å². The van der Waals surface area contributed by atoms with E-state index in [2.05, 4.69) is 12.1 Å². The van der Waals surface area contributed by atoms with E-state index in [-0.39, 0.29) is 5.78 Å². The van der Waals surface area contributed by atoms with Crippen LogP contribution in [0.3, 0.4) is 0 Å². The molecule has 1 aromatic carbocycles. The maximum atomic E-state index is 11.2. The van der Waals surface area contributed by atoms with E-state index in [0.717, 1.165) is 12.0 Å². The first-order chi connectivity index (χ1) is 8.69. The monoisotopic (exact) mass is 264 g/mol. The number of ketones is 1. The lowest BCUT2D eigenvalue weighted by atomic mass is 9.97. The van der Waals surface area contributed by atoms with Gasteiger partial charge in [0.05, 0.1) is 6.10 Å². The molecule has 1 aromatic rings. The van der Waals surface area contributed by atoms with E-state index in [9.17, 15) is 4.79 Å². The molecule has 0 saturated heterocycles. The molecular formula is C15H20O2S. The van der Waals surface area contributed by atoms with E-state index in [1.807, 2.05) is 23.9 Å². The van der Waals surface area contributed by atoms with Crippen LogP contribution in [0.2, 0.25) is 0 Å². The van der Waals surface area contributed by atoms with E-state index in [1.54, 1.807) is 14.0 Å². The zero-order valence-corrected chi connectivity index (χ0v) is 11.8. The summed E-state index contributed by atoms with van der Waals surface area (Å²) in [6.45, 7) is 1.60. The Balaban J connectivity index is 1.94. The number of benzene rings is 1. The number of methoxy groups -OCH3 is 1. The van der Waals surface area contributed by atoms with Crippen molar-refractivity contribution in [1.82, 2.24) is 0 Å². The van der Waals surface area contributed by atoms with Crippen LogP contribution >= 0.6 is 11.8 Å². The Labute approximate surface area is 113 Å². The Kier molecular flexibility index (Phi) is 4.84. The van der Waals surface area contributed by atoms with E-state index >= 15 is 0 Å². The van der Waals surface area contributed by atoms with Gasteiger partial charge in [0.2, 0.25) is 0 Å². The van der Waals surface area contributed by atoms with E-state index in [1.165, 1.54) is 24.2 Å². The highest BCUT2D eigenvalue weighted by Crippen LogP contribution is 2.34. The van der Waals surface area contributed by atoms with Crippen LogP contribution in [0.1, 0.15) is 43.0 Å². The fourth-order valence-corrected chi connectivity index (χ4v) is 3.66. The Bertz CT molecular complexity index is 399. The lowest BCUT2D eigenvalue weighted by Crippen LogP contribution is -2.23. The predicted molar refractivity (Wildman–Crippen MR) is 75.4 cm³/mol. The highest BCUT2D eigenvalue weighted by molar-refractivity contribution is 8.00. The molecule has 1 fully saturated rings. The highest BCUT2D eigenvalue weighted by atomic mass is 32.2. The molecular weight excluding hydrogens is 244 g/mol. The fraction of sp³-hybridized carbons (Fsp3) is 0.533. The van der Waals surface area contributed by atoms with Crippen molar-refractivity contribution in [2.24, 2.45) is 0 Å². The molecule has 1 aliphatic rings. The molecule has 0 radical (unpaired) electrons. The van der Waals surface area contributed by atoms with Gasteiger partial charge < -0.3 is 4.74 Å². The van der Waals surface area contributed by atoms with Gasteiger partial charge in [-0.15, -0.1) is 11.8 Å². The largest absolute Gasteiger partial charge is 0.381 e. The normalized spacial score (nSPS) is 23.9. The van der Waals surface area contributed by atoms with Gasteiger partial charge in [-0.05, 0) is 44.7 Å². The summed E-state index contributed by atoms with van der Waals surface area (Å²) >= 11 is 1.91. The average Bonchev–Trinajstić information content (AvgIpc) is 2.39. The Morgan fingerprint density at radius 1 is 1.28 bits per heavy atom. The van der Waals surface area contributed by atoms with Crippen LogP contribution in [0.25, 0.3) is 0 Å². The van der Waals surface area contributed by atoms with Crippen molar-refractivity contribution >= 4 is 17.5 Å². The summed E-state index contributed by atoms with van der Waals surface area (Å²) in [5.74, 6) is 0.128. The number of thioether (sulfide) groups is 1. The van der Waals surface area contributed by atoms with Crippen molar-refractivity contribution in [2.45, 2.75) is 48.9 Å².